The summed E-state index contributed by atoms with van der Waals surface area (Å²) in [7, 11) is 1.83. The van der Waals surface area contributed by atoms with Crippen LogP contribution in [0.2, 0.25) is 0 Å². The van der Waals surface area contributed by atoms with Crippen LogP contribution in [0.25, 0.3) is 0 Å². The van der Waals surface area contributed by atoms with Gasteiger partial charge in [-0.2, -0.15) is 11.8 Å². The number of hydrogen-bond acceptors (Lipinski definition) is 3. The first-order valence-corrected chi connectivity index (χ1v) is 7.47. The van der Waals surface area contributed by atoms with E-state index in [4.69, 9.17) is 0 Å². The van der Waals surface area contributed by atoms with Crippen molar-refractivity contribution in [2.75, 3.05) is 19.1 Å². The second-order valence-electron chi connectivity index (χ2n) is 4.44. The van der Waals surface area contributed by atoms with Crippen LogP contribution in [0.3, 0.4) is 0 Å². The molecule has 0 heterocycles. The van der Waals surface area contributed by atoms with E-state index in [1.165, 1.54) is 0 Å². The van der Waals surface area contributed by atoms with Gasteiger partial charge in [0, 0.05) is 18.7 Å². The normalized spacial score (nSPS) is 12.2. The number of nitrogens with zero attached hydrogens (tertiary/aromatic N) is 1. The summed E-state index contributed by atoms with van der Waals surface area (Å²) >= 11 is 1.79. The van der Waals surface area contributed by atoms with Crippen molar-refractivity contribution in [3.63, 3.8) is 0 Å². The van der Waals surface area contributed by atoms with E-state index in [9.17, 15) is 9.90 Å². The number of carbonyl (C=O) groups excluding carboxylic acids is 1. The molecule has 100 valence electrons. The fraction of sp³-hybridized carbons (Fsp3) is 0.500. The zero-order valence-electron chi connectivity index (χ0n) is 11.2. The van der Waals surface area contributed by atoms with Crippen LogP contribution in [-0.2, 0) is 11.2 Å². The highest BCUT2D eigenvalue weighted by atomic mass is 32.2. The van der Waals surface area contributed by atoms with Crippen LogP contribution in [0.1, 0.15) is 18.9 Å². The third-order valence-electron chi connectivity index (χ3n) is 3.13. The van der Waals surface area contributed by atoms with Crippen LogP contribution in [0.4, 0.5) is 0 Å². The molecule has 1 aromatic rings. The SMILES string of the molecule is CSCC[C@@H](C)N(C)C(=O)Cc1ccccc1O. The average molecular weight is 267 g/mol. The van der Waals surface area contributed by atoms with E-state index in [1.54, 1.807) is 34.9 Å². The molecule has 18 heavy (non-hydrogen) atoms. The zero-order valence-corrected chi connectivity index (χ0v) is 12.0. The van der Waals surface area contributed by atoms with Crippen molar-refractivity contribution in [1.82, 2.24) is 4.90 Å². The van der Waals surface area contributed by atoms with Gasteiger partial charge in [-0.05, 0) is 31.4 Å². The number of phenolic OH excluding ortho intramolecular Hbond substituents is 1. The summed E-state index contributed by atoms with van der Waals surface area (Å²) in [6.07, 6.45) is 3.31. The lowest BCUT2D eigenvalue weighted by Crippen LogP contribution is -2.36. The maximum Gasteiger partial charge on any atom is 0.227 e. The van der Waals surface area contributed by atoms with Crippen molar-refractivity contribution in [2.24, 2.45) is 0 Å². The van der Waals surface area contributed by atoms with Gasteiger partial charge in [0.2, 0.25) is 5.91 Å². The number of rotatable bonds is 6. The van der Waals surface area contributed by atoms with Crippen molar-refractivity contribution in [2.45, 2.75) is 25.8 Å². The highest BCUT2D eigenvalue weighted by molar-refractivity contribution is 7.98. The number of thioether (sulfide) groups is 1. The summed E-state index contributed by atoms with van der Waals surface area (Å²) in [5.74, 6) is 1.29. The standard InChI is InChI=1S/C14H21NO2S/c1-11(8-9-18-3)15(2)14(17)10-12-6-4-5-7-13(12)16/h4-7,11,16H,8-10H2,1-3H3/t11-/m1/s1. The van der Waals surface area contributed by atoms with Crippen LogP contribution >= 0.6 is 11.8 Å². The number of amides is 1. The van der Waals surface area contributed by atoms with Gasteiger partial charge in [-0.25, -0.2) is 0 Å². The molecule has 1 atom stereocenters. The molecular weight excluding hydrogens is 246 g/mol. The summed E-state index contributed by atoms with van der Waals surface area (Å²) in [6, 6.07) is 7.22. The van der Waals surface area contributed by atoms with E-state index >= 15 is 0 Å². The molecule has 1 aromatic carbocycles. The molecule has 4 heteroatoms. The molecule has 0 spiro atoms. The van der Waals surface area contributed by atoms with Gasteiger partial charge in [-0.1, -0.05) is 18.2 Å². The zero-order chi connectivity index (χ0) is 13.5. The number of likely N-dealkylation sites (N-methyl/N-ethyl adjacent to an activating group) is 1. The Bertz CT molecular complexity index is 395. The molecule has 0 aliphatic heterocycles. The fourth-order valence-corrected chi connectivity index (χ4v) is 2.25. The molecule has 0 aliphatic rings. The van der Waals surface area contributed by atoms with E-state index in [0.717, 1.165) is 12.2 Å². The molecular formula is C14H21NO2S. The summed E-state index contributed by atoms with van der Waals surface area (Å²) in [6.45, 7) is 2.05. The summed E-state index contributed by atoms with van der Waals surface area (Å²) in [5.41, 5.74) is 0.686. The van der Waals surface area contributed by atoms with E-state index in [0.29, 0.717) is 5.56 Å². The number of hydrogen-bond donors (Lipinski definition) is 1. The molecule has 1 rings (SSSR count). The quantitative estimate of drug-likeness (QED) is 0.861. The van der Waals surface area contributed by atoms with Gasteiger partial charge >= 0.3 is 0 Å². The van der Waals surface area contributed by atoms with Crippen LogP contribution < -0.4 is 0 Å². The summed E-state index contributed by atoms with van der Waals surface area (Å²) in [4.78, 5) is 13.8. The van der Waals surface area contributed by atoms with Gasteiger partial charge < -0.3 is 10.0 Å². The van der Waals surface area contributed by atoms with Crippen molar-refractivity contribution in [3.05, 3.63) is 29.8 Å². The van der Waals surface area contributed by atoms with Crippen LogP contribution in [0, 0.1) is 0 Å². The lowest BCUT2D eigenvalue weighted by Gasteiger charge is -2.25. The number of aromatic hydroxyl groups is 1. The van der Waals surface area contributed by atoms with Gasteiger partial charge in [0.05, 0.1) is 6.42 Å². The monoisotopic (exact) mass is 267 g/mol. The Labute approximate surface area is 113 Å². The largest absolute Gasteiger partial charge is 0.508 e. The highest BCUT2D eigenvalue weighted by Crippen LogP contribution is 2.17. The number of para-hydroxylation sites is 1. The van der Waals surface area contributed by atoms with Gasteiger partial charge in [0.1, 0.15) is 5.75 Å². The molecule has 0 aliphatic carbocycles. The third-order valence-corrected chi connectivity index (χ3v) is 3.77. The first-order valence-electron chi connectivity index (χ1n) is 6.07. The number of phenols is 1. The van der Waals surface area contributed by atoms with E-state index in [1.807, 2.05) is 13.1 Å². The summed E-state index contributed by atoms with van der Waals surface area (Å²) < 4.78 is 0. The second-order valence-corrected chi connectivity index (χ2v) is 5.43. The fourth-order valence-electron chi connectivity index (χ4n) is 1.68. The molecule has 1 N–H and O–H groups in total. The Morgan fingerprint density at radius 3 is 2.72 bits per heavy atom. The van der Waals surface area contributed by atoms with Crippen molar-refractivity contribution in [3.8, 4) is 5.75 Å². The molecule has 0 unspecified atom stereocenters. The molecule has 0 radical (unpaired) electrons. The van der Waals surface area contributed by atoms with Gasteiger partial charge in [-0.3, -0.25) is 4.79 Å². The van der Waals surface area contributed by atoms with Crippen LogP contribution in [-0.4, -0.2) is 41.0 Å². The van der Waals surface area contributed by atoms with Crippen LogP contribution in [0.15, 0.2) is 24.3 Å². The number of benzene rings is 1. The predicted molar refractivity (Wildman–Crippen MR) is 77.0 cm³/mol. The van der Waals surface area contributed by atoms with Crippen LogP contribution in [0.5, 0.6) is 5.75 Å². The third kappa shape index (κ3) is 4.26. The Morgan fingerprint density at radius 2 is 2.11 bits per heavy atom. The minimum Gasteiger partial charge on any atom is -0.508 e. The Kier molecular flexibility index (Phi) is 6.05. The second kappa shape index (κ2) is 7.31. The van der Waals surface area contributed by atoms with Gasteiger partial charge in [0.25, 0.3) is 0 Å². The lowest BCUT2D eigenvalue weighted by atomic mass is 10.1. The molecule has 0 fully saturated rings. The van der Waals surface area contributed by atoms with Crippen molar-refractivity contribution >= 4 is 17.7 Å². The first-order chi connectivity index (χ1) is 8.56. The maximum absolute atomic E-state index is 12.1. The molecule has 0 aromatic heterocycles. The molecule has 1 amide bonds. The smallest absolute Gasteiger partial charge is 0.227 e. The Balaban J connectivity index is 2.57. The molecule has 0 bridgehead atoms. The first kappa shape index (κ1) is 14.9. The maximum atomic E-state index is 12.1. The van der Waals surface area contributed by atoms with E-state index in [2.05, 4.69) is 13.2 Å². The molecule has 3 nitrogen and oxygen atoms in total. The average Bonchev–Trinajstić information content (AvgIpc) is 2.37. The topological polar surface area (TPSA) is 40.5 Å². The van der Waals surface area contributed by atoms with E-state index in [-0.39, 0.29) is 24.1 Å². The Hall–Kier alpha value is -1.16. The lowest BCUT2D eigenvalue weighted by molar-refractivity contribution is -0.131. The van der Waals surface area contributed by atoms with Gasteiger partial charge in [-0.15, -0.1) is 0 Å². The van der Waals surface area contributed by atoms with E-state index < -0.39 is 0 Å². The Morgan fingerprint density at radius 1 is 1.44 bits per heavy atom. The molecule has 0 saturated heterocycles. The summed E-state index contributed by atoms with van der Waals surface area (Å²) in [5, 5.41) is 9.65. The van der Waals surface area contributed by atoms with Gasteiger partial charge in [0.15, 0.2) is 0 Å². The number of carbonyl (C=O) groups is 1. The predicted octanol–water partition coefficient (Wildman–Crippen LogP) is 2.53. The van der Waals surface area contributed by atoms with Crippen molar-refractivity contribution < 1.29 is 9.90 Å². The highest BCUT2D eigenvalue weighted by Gasteiger charge is 2.16. The van der Waals surface area contributed by atoms with Crippen molar-refractivity contribution in [1.29, 1.82) is 0 Å². The minimum absolute atomic E-state index is 0.0464. The molecule has 0 saturated carbocycles. The minimum atomic E-state index is 0.0464.